The van der Waals surface area contributed by atoms with E-state index in [-0.39, 0.29) is 16.5 Å². The zero-order valence-electron chi connectivity index (χ0n) is 13.8. The third-order valence-electron chi connectivity index (χ3n) is 3.12. The summed E-state index contributed by atoms with van der Waals surface area (Å²) in [5.41, 5.74) is 7.77. The fraction of sp³-hybridized carbons (Fsp3) is 0.263. The van der Waals surface area contributed by atoms with E-state index >= 15 is 0 Å². The molecule has 0 heterocycles. The number of hydrogen-bond acceptors (Lipinski definition) is 2. The van der Waals surface area contributed by atoms with Gasteiger partial charge >= 0.3 is 0 Å². The molecule has 0 atom stereocenters. The molecular weight excluding hydrogens is 315 g/mol. The predicted octanol–water partition coefficient (Wildman–Crippen LogP) is 5.41. The van der Waals surface area contributed by atoms with Crippen molar-refractivity contribution in [2.45, 2.75) is 34.6 Å². The van der Waals surface area contributed by atoms with Crippen LogP contribution in [0.5, 0.6) is 0 Å². The summed E-state index contributed by atoms with van der Waals surface area (Å²) in [4.78, 5) is 9.12. The molecule has 0 N–H and O–H groups in total. The summed E-state index contributed by atoms with van der Waals surface area (Å²) in [6.45, 7) is 10.3. The molecule has 2 aromatic rings. The molecule has 0 saturated heterocycles. The molecule has 0 amide bonds. The zero-order chi connectivity index (χ0) is 15.4. The Labute approximate surface area is 143 Å². The maximum Gasteiger partial charge on any atom is 0.0638 e. The van der Waals surface area contributed by atoms with Crippen molar-refractivity contribution < 1.29 is 16.5 Å². The van der Waals surface area contributed by atoms with Gasteiger partial charge < -0.3 is 0 Å². The van der Waals surface area contributed by atoms with Gasteiger partial charge in [-0.25, -0.2) is 0 Å². The molecule has 0 aliphatic rings. The largest absolute Gasteiger partial charge is 0.255 e. The molecule has 0 bridgehead atoms. The number of aryl methyl sites for hydroxylation is 4. The minimum atomic E-state index is 0. The normalized spacial score (nSPS) is 11.6. The molecule has 3 heteroatoms. The average Bonchev–Trinajstić information content (AvgIpc) is 2.34. The van der Waals surface area contributed by atoms with Crippen LogP contribution in [0.2, 0.25) is 0 Å². The summed E-state index contributed by atoms with van der Waals surface area (Å²) >= 11 is 0. The number of rotatable bonds is 3. The molecule has 0 aliphatic heterocycles. The predicted molar refractivity (Wildman–Crippen MR) is 92.8 cm³/mol. The first-order valence-electron chi connectivity index (χ1n) is 7.18. The molecular formula is C19H22N2Ni. The number of hydrogen-bond donors (Lipinski definition) is 0. The first-order valence-corrected chi connectivity index (χ1v) is 7.18. The van der Waals surface area contributed by atoms with Crippen molar-refractivity contribution in [3.63, 3.8) is 0 Å². The standard InChI is InChI=1S/C19H22N2.Ni/c1-13-6-14(2)9-18(8-13)20-12-17(5)21-19-10-15(3)7-16(4)11-19;/h6-12H,1-5H3;/b20-12+,21-17+;. The maximum absolute atomic E-state index is 4.61. The van der Waals surface area contributed by atoms with Gasteiger partial charge in [-0.15, -0.1) is 0 Å². The van der Waals surface area contributed by atoms with Gasteiger partial charge in [0.05, 0.1) is 17.1 Å². The van der Waals surface area contributed by atoms with Crippen LogP contribution in [0.25, 0.3) is 0 Å². The summed E-state index contributed by atoms with van der Waals surface area (Å²) < 4.78 is 0. The number of nitrogens with zero attached hydrogens (tertiary/aromatic N) is 2. The minimum absolute atomic E-state index is 0. The van der Waals surface area contributed by atoms with Crippen molar-refractivity contribution in [3.05, 3.63) is 58.7 Å². The topological polar surface area (TPSA) is 24.7 Å². The molecule has 0 aliphatic carbocycles. The van der Waals surface area contributed by atoms with Gasteiger partial charge in [0.25, 0.3) is 0 Å². The Balaban J connectivity index is 0.00000242. The van der Waals surface area contributed by atoms with Gasteiger partial charge in [0.1, 0.15) is 0 Å². The Morgan fingerprint density at radius 1 is 0.727 bits per heavy atom. The van der Waals surface area contributed by atoms with E-state index in [0.29, 0.717) is 0 Å². The van der Waals surface area contributed by atoms with E-state index in [1.165, 1.54) is 22.3 Å². The minimum Gasteiger partial charge on any atom is -0.255 e. The Kier molecular flexibility index (Phi) is 6.71. The second-order valence-electron chi connectivity index (χ2n) is 5.70. The zero-order valence-corrected chi connectivity index (χ0v) is 14.7. The second kappa shape index (κ2) is 8.05. The molecule has 118 valence electrons. The molecule has 0 fully saturated rings. The van der Waals surface area contributed by atoms with Gasteiger partial charge in [0, 0.05) is 22.7 Å². The van der Waals surface area contributed by atoms with E-state index in [9.17, 15) is 0 Å². The summed E-state index contributed by atoms with van der Waals surface area (Å²) in [5, 5.41) is 0. The van der Waals surface area contributed by atoms with Crippen LogP contribution in [0.3, 0.4) is 0 Å². The Bertz CT molecular complexity index is 675. The summed E-state index contributed by atoms with van der Waals surface area (Å²) in [7, 11) is 0. The summed E-state index contributed by atoms with van der Waals surface area (Å²) in [6, 6.07) is 12.6. The Morgan fingerprint density at radius 2 is 1.14 bits per heavy atom. The van der Waals surface area contributed by atoms with E-state index in [2.05, 4.69) is 74.1 Å². The van der Waals surface area contributed by atoms with Gasteiger partial charge in [-0.1, -0.05) is 12.1 Å². The second-order valence-corrected chi connectivity index (χ2v) is 5.70. The maximum atomic E-state index is 4.61. The third-order valence-corrected chi connectivity index (χ3v) is 3.12. The smallest absolute Gasteiger partial charge is 0.0638 e. The van der Waals surface area contributed by atoms with Crippen molar-refractivity contribution in [2.75, 3.05) is 0 Å². The number of aliphatic imine (C=N–C) groups is 2. The van der Waals surface area contributed by atoms with E-state index < -0.39 is 0 Å². The van der Waals surface area contributed by atoms with E-state index in [1.807, 2.05) is 13.1 Å². The first-order chi connectivity index (χ1) is 9.92. The molecule has 2 nitrogen and oxygen atoms in total. The fourth-order valence-electron chi connectivity index (χ4n) is 2.44. The molecule has 2 rings (SSSR count). The van der Waals surface area contributed by atoms with Gasteiger partial charge in [-0.3, -0.25) is 9.98 Å². The average molecular weight is 337 g/mol. The van der Waals surface area contributed by atoms with Crippen molar-refractivity contribution in [1.82, 2.24) is 0 Å². The molecule has 0 unspecified atom stereocenters. The molecule has 2 aromatic carbocycles. The van der Waals surface area contributed by atoms with Gasteiger partial charge in [0.2, 0.25) is 0 Å². The fourth-order valence-corrected chi connectivity index (χ4v) is 2.44. The van der Waals surface area contributed by atoms with Crippen molar-refractivity contribution in [1.29, 1.82) is 0 Å². The van der Waals surface area contributed by atoms with Crippen LogP contribution >= 0.6 is 0 Å². The summed E-state index contributed by atoms with van der Waals surface area (Å²) in [6.07, 6.45) is 1.83. The first kappa shape index (κ1) is 18.3. The van der Waals surface area contributed by atoms with Crippen LogP contribution in [0.4, 0.5) is 11.4 Å². The molecule has 0 spiro atoms. The van der Waals surface area contributed by atoms with Crippen LogP contribution in [0.1, 0.15) is 29.2 Å². The summed E-state index contributed by atoms with van der Waals surface area (Å²) in [5.74, 6) is 0. The quantitative estimate of drug-likeness (QED) is 0.528. The van der Waals surface area contributed by atoms with Gasteiger partial charge in [0.15, 0.2) is 0 Å². The molecule has 0 aromatic heterocycles. The van der Waals surface area contributed by atoms with E-state index in [1.54, 1.807) is 0 Å². The van der Waals surface area contributed by atoms with Crippen molar-refractivity contribution in [2.24, 2.45) is 9.98 Å². The number of benzene rings is 2. The molecule has 0 saturated carbocycles. The van der Waals surface area contributed by atoms with E-state index in [4.69, 9.17) is 0 Å². The van der Waals surface area contributed by atoms with Crippen LogP contribution in [0, 0.1) is 27.7 Å². The third kappa shape index (κ3) is 5.57. The van der Waals surface area contributed by atoms with Gasteiger partial charge in [-0.05, 0) is 81.1 Å². The molecule has 22 heavy (non-hydrogen) atoms. The van der Waals surface area contributed by atoms with Crippen molar-refractivity contribution in [3.8, 4) is 0 Å². The Morgan fingerprint density at radius 3 is 1.59 bits per heavy atom. The SMILES string of the molecule is CC(/C=N/c1cc(C)cc(C)c1)=N\c1cc(C)cc(C)c1.[Ni]. The van der Waals surface area contributed by atoms with Crippen LogP contribution in [0.15, 0.2) is 46.4 Å². The van der Waals surface area contributed by atoms with Crippen LogP contribution in [-0.2, 0) is 16.5 Å². The van der Waals surface area contributed by atoms with Gasteiger partial charge in [-0.2, -0.15) is 0 Å². The van der Waals surface area contributed by atoms with Crippen LogP contribution in [-0.4, -0.2) is 11.9 Å². The van der Waals surface area contributed by atoms with Crippen molar-refractivity contribution >= 4 is 23.3 Å². The van der Waals surface area contributed by atoms with Crippen LogP contribution < -0.4 is 0 Å². The Hall–Kier alpha value is -1.73. The molecule has 0 radical (unpaired) electrons. The van der Waals surface area contributed by atoms with E-state index in [0.717, 1.165) is 17.1 Å². The monoisotopic (exact) mass is 336 g/mol.